The van der Waals surface area contributed by atoms with E-state index in [0.29, 0.717) is 0 Å². The van der Waals surface area contributed by atoms with Crippen LogP contribution in [0.3, 0.4) is 0 Å². The molecule has 0 aromatic heterocycles. The Bertz CT molecular complexity index is 574. The molecule has 26 heavy (non-hydrogen) atoms. The number of aryl methyl sites for hydroxylation is 3. The molecule has 1 unspecified atom stereocenters. The van der Waals surface area contributed by atoms with Gasteiger partial charge < -0.3 is 37.2 Å². The van der Waals surface area contributed by atoms with Crippen molar-refractivity contribution in [2.24, 2.45) is 0 Å². The van der Waals surface area contributed by atoms with Crippen LogP contribution in [0.1, 0.15) is 62.6 Å². The van der Waals surface area contributed by atoms with Gasteiger partial charge in [0.2, 0.25) is 0 Å². The maximum Gasteiger partial charge on any atom is 4.00 e. The van der Waals surface area contributed by atoms with Gasteiger partial charge in [-0.05, 0) is 20.8 Å². The Morgan fingerprint density at radius 3 is 2.04 bits per heavy atom. The molecule has 1 aliphatic carbocycles. The Kier molecular flexibility index (Phi) is 18.5. The van der Waals surface area contributed by atoms with E-state index in [-0.39, 0.29) is 58.9 Å². The van der Waals surface area contributed by atoms with Crippen molar-refractivity contribution in [3.63, 3.8) is 0 Å². The van der Waals surface area contributed by atoms with E-state index in [1.807, 2.05) is 0 Å². The SMILES string of the molecule is CCCCC[SiH](C1=[C-]CC=C1CC)c1c(C)cc(C)cc1C.[Cl-].[Cl-].[Cl-].[Ti+4]. The van der Waals surface area contributed by atoms with Crippen LogP contribution in [0.25, 0.3) is 0 Å². The van der Waals surface area contributed by atoms with E-state index in [1.165, 1.54) is 48.4 Å². The normalized spacial score (nSPS) is 13.3. The second-order valence-electron chi connectivity index (χ2n) is 6.74. The monoisotopic (exact) mass is 464 g/mol. The molecule has 1 atom stereocenters. The van der Waals surface area contributed by atoms with Crippen LogP contribution in [0.4, 0.5) is 0 Å². The quantitative estimate of drug-likeness (QED) is 0.221. The molecule has 0 aliphatic heterocycles. The predicted octanol–water partition coefficient (Wildman–Crippen LogP) is -3.75. The summed E-state index contributed by atoms with van der Waals surface area (Å²) in [5.74, 6) is 0. The van der Waals surface area contributed by atoms with Crippen molar-refractivity contribution in [1.82, 2.24) is 0 Å². The van der Waals surface area contributed by atoms with E-state index in [1.54, 1.807) is 16.0 Å². The summed E-state index contributed by atoms with van der Waals surface area (Å²) in [5.41, 5.74) is 6.02. The molecule has 0 nitrogen and oxygen atoms in total. The third kappa shape index (κ3) is 7.86. The molecule has 0 amide bonds. The van der Waals surface area contributed by atoms with E-state index < -0.39 is 8.80 Å². The molecular weight excluding hydrogens is 435 g/mol. The smallest absolute Gasteiger partial charge is 1.00 e. The van der Waals surface area contributed by atoms with E-state index in [4.69, 9.17) is 0 Å². The zero-order chi connectivity index (χ0) is 16.1. The van der Waals surface area contributed by atoms with Crippen LogP contribution in [-0.4, -0.2) is 8.80 Å². The van der Waals surface area contributed by atoms with E-state index in [0.717, 1.165) is 6.42 Å². The number of rotatable bonds is 7. The summed E-state index contributed by atoms with van der Waals surface area (Å²) in [4.78, 5) is 0. The Hall–Kier alpha value is 0.501. The number of hydrogen-bond donors (Lipinski definition) is 0. The summed E-state index contributed by atoms with van der Waals surface area (Å²) in [6.45, 7) is 11.5. The first-order chi connectivity index (χ1) is 10.6. The average Bonchev–Trinajstić information content (AvgIpc) is 2.93. The van der Waals surface area contributed by atoms with Gasteiger partial charge in [0.05, 0.1) is 8.80 Å². The fourth-order valence-corrected chi connectivity index (χ4v) is 7.92. The van der Waals surface area contributed by atoms with Gasteiger partial charge in [-0.25, -0.2) is 10.8 Å². The molecule has 1 aliphatic rings. The number of benzene rings is 1. The molecule has 1 aromatic rings. The van der Waals surface area contributed by atoms with Crippen molar-refractivity contribution in [2.45, 2.75) is 72.8 Å². The number of allylic oxidation sites excluding steroid dienone is 4. The Labute approximate surface area is 196 Å². The molecule has 0 fully saturated rings. The predicted molar refractivity (Wildman–Crippen MR) is 102 cm³/mol. The molecular formula is C21H31Cl3SiTi. The first-order valence-corrected chi connectivity index (χ1v) is 10.9. The second-order valence-corrected chi connectivity index (χ2v) is 9.58. The molecule has 0 N–H and O–H groups in total. The van der Waals surface area contributed by atoms with E-state index >= 15 is 0 Å². The van der Waals surface area contributed by atoms with Gasteiger partial charge in [-0.3, -0.25) is 6.08 Å². The minimum Gasteiger partial charge on any atom is -1.00 e. The van der Waals surface area contributed by atoms with Gasteiger partial charge in [0.15, 0.2) is 0 Å². The molecule has 0 heterocycles. The number of halogens is 3. The van der Waals surface area contributed by atoms with Gasteiger partial charge >= 0.3 is 21.7 Å². The third-order valence-electron chi connectivity index (χ3n) is 4.90. The van der Waals surface area contributed by atoms with Crippen LogP contribution < -0.4 is 42.4 Å². The Morgan fingerprint density at radius 2 is 1.54 bits per heavy atom. The fraction of sp³-hybridized carbons (Fsp3) is 0.524. The van der Waals surface area contributed by atoms with Crippen molar-refractivity contribution in [2.75, 3.05) is 0 Å². The molecule has 5 heteroatoms. The van der Waals surface area contributed by atoms with E-state index in [2.05, 4.69) is 58.9 Å². The standard InChI is InChI=1S/C21H31Si.3ClH.Ti/c1-6-8-9-13-22(20-12-10-11-19(20)7-2)21-17(4)14-16(3)15-18(21)5;;;;/h11,14-15,22H,6-10,13H2,1-5H3;3*1H;/q-1;;;;+4/p-3. The molecule has 0 bridgehead atoms. The third-order valence-corrected chi connectivity index (χ3v) is 8.76. The van der Waals surface area contributed by atoms with Crippen molar-refractivity contribution in [1.29, 1.82) is 0 Å². The van der Waals surface area contributed by atoms with Crippen LogP contribution in [0.15, 0.2) is 29.0 Å². The van der Waals surface area contributed by atoms with Crippen LogP contribution in [-0.2, 0) is 21.7 Å². The molecule has 0 saturated carbocycles. The van der Waals surface area contributed by atoms with Gasteiger partial charge in [-0.1, -0.05) is 79.6 Å². The summed E-state index contributed by atoms with van der Waals surface area (Å²) in [5, 5.41) is 3.33. The van der Waals surface area contributed by atoms with Gasteiger partial charge in [-0.2, -0.15) is 6.08 Å². The fourth-order valence-electron chi connectivity index (χ4n) is 3.96. The van der Waals surface area contributed by atoms with Gasteiger partial charge in [-0.15, -0.1) is 6.42 Å². The Balaban J connectivity index is -0.00000132. The van der Waals surface area contributed by atoms with Crippen LogP contribution in [0.2, 0.25) is 6.04 Å². The first kappa shape index (κ1) is 31.2. The molecule has 0 spiro atoms. The number of unbranched alkanes of at least 4 members (excludes halogenated alkanes) is 2. The number of hydrogen-bond acceptors (Lipinski definition) is 0. The summed E-state index contributed by atoms with van der Waals surface area (Å²) in [7, 11) is -1.11. The Morgan fingerprint density at radius 1 is 0.962 bits per heavy atom. The summed E-state index contributed by atoms with van der Waals surface area (Å²) < 4.78 is 0. The summed E-state index contributed by atoms with van der Waals surface area (Å²) in [6.07, 6.45) is 12.4. The zero-order valence-corrected chi connectivity index (χ0v) is 21.7. The first-order valence-electron chi connectivity index (χ1n) is 8.96. The maximum absolute atomic E-state index is 3.74. The van der Waals surface area contributed by atoms with Gasteiger partial charge in [0, 0.05) is 0 Å². The average molecular weight is 466 g/mol. The summed E-state index contributed by atoms with van der Waals surface area (Å²) in [6, 6.07) is 6.16. The molecule has 0 radical (unpaired) electrons. The van der Waals surface area contributed by atoms with Crippen molar-refractivity contribution in [3.8, 4) is 0 Å². The topological polar surface area (TPSA) is 0 Å². The van der Waals surface area contributed by atoms with Gasteiger partial charge in [0.1, 0.15) is 0 Å². The van der Waals surface area contributed by atoms with Crippen molar-refractivity contribution in [3.05, 3.63) is 51.7 Å². The molecule has 1 aromatic carbocycles. The van der Waals surface area contributed by atoms with Crippen LogP contribution in [0.5, 0.6) is 0 Å². The van der Waals surface area contributed by atoms with Crippen molar-refractivity contribution >= 4 is 14.0 Å². The molecule has 2 rings (SSSR count). The van der Waals surface area contributed by atoms with Crippen molar-refractivity contribution < 1.29 is 58.9 Å². The van der Waals surface area contributed by atoms with Crippen LogP contribution in [0, 0.1) is 26.8 Å². The minimum atomic E-state index is -1.11. The molecule has 0 saturated heterocycles. The van der Waals surface area contributed by atoms with Gasteiger partial charge in [0.25, 0.3) is 0 Å². The minimum absolute atomic E-state index is 0. The second kappa shape index (κ2) is 15.4. The zero-order valence-electron chi connectivity index (χ0n) is 16.7. The molecule has 144 valence electrons. The van der Waals surface area contributed by atoms with E-state index in [9.17, 15) is 0 Å². The maximum atomic E-state index is 3.74. The summed E-state index contributed by atoms with van der Waals surface area (Å²) >= 11 is 0. The van der Waals surface area contributed by atoms with Crippen LogP contribution >= 0.6 is 0 Å². The largest absolute Gasteiger partial charge is 4.00 e.